The highest BCUT2D eigenvalue weighted by atomic mass is 16.5. The summed E-state index contributed by atoms with van der Waals surface area (Å²) in [6.45, 7) is 5.32. The predicted octanol–water partition coefficient (Wildman–Crippen LogP) is 3.80. The summed E-state index contributed by atoms with van der Waals surface area (Å²) in [5.41, 5.74) is 3.24. The minimum Gasteiger partial charge on any atom is -0.452 e. The van der Waals surface area contributed by atoms with E-state index in [-0.39, 0.29) is 35.1 Å². The zero-order valence-corrected chi connectivity index (χ0v) is 18.8. The smallest absolute Gasteiger partial charge is 0.338 e. The lowest BCUT2D eigenvalue weighted by molar-refractivity contribution is -0.123. The van der Waals surface area contributed by atoms with Crippen molar-refractivity contribution < 1.29 is 23.9 Å². The van der Waals surface area contributed by atoms with Crippen LogP contribution in [0.1, 0.15) is 34.8 Å². The van der Waals surface area contributed by atoms with Crippen molar-refractivity contribution in [2.24, 2.45) is 17.8 Å². The molecule has 0 radical (unpaired) electrons. The van der Waals surface area contributed by atoms with Crippen LogP contribution < -0.4 is 10.2 Å². The van der Waals surface area contributed by atoms with Crippen molar-refractivity contribution in [3.8, 4) is 0 Å². The highest BCUT2D eigenvalue weighted by Crippen LogP contribution is 2.40. The summed E-state index contributed by atoms with van der Waals surface area (Å²) in [7, 11) is 0. The molecule has 1 aliphatic carbocycles. The Morgan fingerprint density at radius 2 is 1.79 bits per heavy atom. The van der Waals surface area contributed by atoms with Crippen molar-refractivity contribution in [3.63, 3.8) is 0 Å². The van der Waals surface area contributed by atoms with Gasteiger partial charge in [0, 0.05) is 5.69 Å². The van der Waals surface area contributed by atoms with Gasteiger partial charge in [0.2, 0.25) is 11.8 Å². The van der Waals surface area contributed by atoms with Gasteiger partial charge in [-0.2, -0.15) is 0 Å². The number of carbonyl (C=O) groups is 4. The van der Waals surface area contributed by atoms with E-state index in [4.69, 9.17) is 4.74 Å². The molecule has 1 fully saturated rings. The van der Waals surface area contributed by atoms with E-state index in [1.54, 1.807) is 12.1 Å². The summed E-state index contributed by atoms with van der Waals surface area (Å²) < 4.78 is 5.12. The Morgan fingerprint density at radius 3 is 2.48 bits per heavy atom. The number of amides is 3. The molecule has 0 bridgehead atoms. The molecule has 0 spiro atoms. The van der Waals surface area contributed by atoms with Crippen LogP contribution in [0.5, 0.6) is 0 Å². The molecule has 2 aromatic rings. The fraction of sp³-hybridized carbons (Fsp3) is 0.308. The van der Waals surface area contributed by atoms with Gasteiger partial charge in [0.25, 0.3) is 5.91 Å². The average Bonchev–Trinajstić information content (AvgIpc) is 3.05. The van der Waals surface area contributed by atoms with Gasteiger partial charge in [-0.1, -0.05) is 31.2 Å². The Kier molecular flexibility index (Phi) is 6.14. The van der Waals surface area contributed by atoms with Gasteiger partial charge in [0.05, 0.1) is 23.1 Å². The van der Waals surface area contributed by atoms with Crippen LogP contribution in [-0.2, 0) is 19.1 Å². The van der Waals surface area contributed by atoms with Crippen molar-refractivity contribution in [2.75, 3.05) is 16.8 Å². The van der Waals surface area contributed by atoms with Gasteiger partial charge in [0.15, 0.2) is 6.61 Å². The molecule has 1 aliphatic heterocycles. The summed E-state index contributed by atoms with van der Waals surface area (Å²) >= 11 is 0. The first kappa shape index (κ1) is 22.5. The molecule has 0 aromatic heterocycles. The summed E-state index contributed by atoms with van der Waals surface area (Å²) in [4.78, 5) is 51.5. The number of hydrogen-bond donors (Lipinski definition) is 1. The third-order valence-electron chi connectivity index (χ3n) is 6.24. The average molecular weight is 447 g/mol. The van der Waals surface area contributed by atoms with Crippen LogP contribution in [-0.4, -0.2) is 30.3 Å². The second kappa shape index (κ2) is 9.02. The van der Waals surface area contributed by atoms with E-state index in [1.165, 1.54) is 17.0 Å². The summed E-state index contributed by atoms with van der Waals surface area (Å²) in [5.74, 6) is -2.19. The van der Waals surface area contributed by atoms with Crippen LogP contribution in [0.2, 0.25) is 0 Å². The van der Waals surface area contributed by atoms with Gasteiger partial charge < -0.3 is 10.1 Å². The first-order valence-corrected chi connectivity index (χ1v) is 10.9. The molecule has 0 saturated carbocycles. The lowest BCUT2D eigenvalue weighted by atomic mass is 9.78. The van der Waals surface area contributed by atoms with Crippen LogP contribution >= 0.6 is 0 Å². The Labute approximate surface area is 192 Å². The van der Waals surface area contributed by atoms with E-state index in [9.17, 15) is 19.2 Å². The third kappa shape index (κ3) is 4.44. The number of ether oxygens (including phenoxy) is 1. The second-order valence-corrected chi connectivity index (χ2v) is 8.66. The topological polar surface area (TPSA) is 92.8 Å². The highest BCUT2D eigenvalue weighted by Gasteiger charge is 2.50. The molecular weight excluding hydrogens is 420 g/mol. The van der Waals surface area contributed by atoms with E-state index in [2.05, 4.69) is 5.32 Å². The molecule has 3 amide bonds. The molecule has 33 heavy (non-hydrogen) atoms. The van der Waals surface area contributed by atoms with Crippen LogP contribution in [0.25, 0.3) is 0 Å². The fourth-order valence-electron chi connectivity index (χ4n) is 4.42. The minimum absolute atomic E-state index is 0.00851. The van der Waals surface area contributed by atoms with Gasteiger partial charge in [0.1, 0.15) is 0 Å². The number of nitrogens with zero attached hydrogens (tertiary/aromatic N) is 1. The Hall–Kier alpha value is -3.74. The molecule has 7 heteroatoms. The molecule has 0 unspecified atom stereocenters. The largest absolute Gasteiger partial charge is 0.452 e. The molecule has 7 nitrogen and oxygen atoms in total. The number of rotatable bonds is 5. The van der Waals surface area contributed by atoms with Crippen molar-refractivity contribution >= 4 is 35.1 Å². The molecule has 3 atom stereocenters. The number of aryl methyl sites for hydroxylation is 2. The number of esters is 1. The predicted molar refractivity (Wildman–Crippen MR) is 124 cm³/mol. The standard InChI is InChI=1S/C26H26N2O5/c1-15-7-8-16(2)21(13-15)27-22(29)14-33-26(32)18-9-11-19(12-10-18)28-24(30)20-6-4-5-17(3)23(20)25(28)31/h4-5,7-13,17,20,23H,6,14H2,1-3H3,(H,27,29)/t17-,20-,23-/m1/s1. The molecule has 4 rings (SSSR count). The number of benzene rings is 2. The van der Waals surface area contributed by atoms with E-state index < -0.39 is 18.5 Å². The number of anilines is 2. The van der Waals surface area contributed by atoms with Gasteiger partial charge in [-0.3, -0.25) is 19.3 Å². The number of imide groups is 1. The zero-order chi connectivity index (χ0) is 23.7. The van der Waals surface area contributed by atoms with Crippen LogP contribution in [0, 0.1) is 31.6 Å². The first-order valence-electron chi connectivity index (χ1n) is 10.9. The molecule has 170 valence electrons. The summed E-state index contributed by atoms with van der Waals surface area (Å²) in [6, 6.07) is 11.8. The molecule has 1 saturated heterocycles. The highest BCUT2D eigenvalue weighted by molar-refractivity contribution is 6.22. The van der Waals surface area contributed by atoms with Gasteiger partial charge in [-0.25, -0.2) is 4.79 Å². The van der Waals surface area contributed by atoms with Crippen molar-refractivity contribution in [3.05, 3.63) is 71.3 Å². The fourth-order valence-corrected chi connectivity index (χ4v) is 4.42. The van der Waals surface area contributed by atoms with E-state index >= 15 is 0 Å². The SMILES string of the molecule is Cc1ccc(C)c(NC(=O)COC(=O)c2ccc(N3C(=O)[C@@H]4[C@H](C)C=CC[C@H]4C3=O)cc2)c1. The van der Waals surface area contributed by atoms with E-state index in [0.717, 1.165) is 11.1 Å². The third-order valence-corrected chi connectivity index (χ3v) is 6.24. The number of hydrogen-bond acceptors (Lipinski definition) is 5. The number of nitrogens with one attached hydrogen (secondary N) is 1. The first-order chi connectivity index (χ1) is 15.8. The Balaban J connectivity index is 1.38. The Morgan fingerprint density at radius 1 is 1.06 bits per heavy atom. The lowest BCUT2D eigenvalue weighted by Crippen LogP contribution is -2.31. The van der Waals surface area contributed by atoms with Crippen LogP contribution in [0.4, 0.5) is 11.4 Å². The van der Waals surface area contributed by atoms with E-state index in [1.807, 2.05) is 51.1 Å². The van der Waals surface area contributed by atoms with Crippen LogP contribution in [0.15, 0.2) is 54.6 Å². The van der Waals surface area contributed by atoms with Crippen molar-refractivity contribution in [1.29, 1.82) is 0 Å². The number of carbonyl (C=O) groups excluding carboxylic acids is 4. The number of allylic oxidation sites excluding steroid dienone is 2. The zero-order valence-electron chi connectivity index (χ0n) is 18.8. The maximum absolute atomic E-state index is 12.9. The quantitative estimate of drug-likeness (QED) is 0.428. The van der Waals surface area contributed by atoms with Crippen LogP contribution in [0.3, 0.4) is 0 Å². The summed E-state index contributed by atoms with van der Waals surface area (Å²) in [5, 5.41) is 2.74. The minimum atomic E-state index is -0.664. The van der Waals surface area contributed by atoms with Gasteiger partial charge in [-0.15, -0.1) is 0 Å². The molecular formula is C26H26N2O5. The Bertz CT molecular complexity index is 1150. The van der Waals surface area contributed by atoms with Crippen molar-refractivity contribution in [2.45, 2.75) is 27.2 Å². The second-order valence-electron chi connectivity index (χ2n) is 8.66. The maximum atomic E-state index is 12.9. The van der Waals surface area contributed by atoms with E-state index in [0.29, 0.717) is 17.8 Å². The van der Waals surface area contributed by atoms with Crippen molar-refractivity contribution in [1.82, 2.24) is 0 Å². The molecule has 2 aliphatic rings. The lowest BCUT2D eigenvalue weighted by Gasteiger charge is -2.22. The normalized spacial score (nSPS) is 21.7. The maximum Gasteiger partial charge on any atom is 0.338 e. The molecule has 1 heterocycles. The summed E-state index contributed by atoms with van der Waals surface area (Å²) in [6.07, 6.45) is 4.49. The molecule has 1 N–H and O–H groups in total. The monoisotopic (exact) mass is 446 g/mol. The van der Waals surface area contributed by atoms with Gasteiger partial charge >= 0.3 is 5.97 Å². The van der Waals surface area contributed by atoms with Gasteiger partial charge in [-0.05, 0) is 67.6 Å². The number of fused-ring (bicyclic) bond motifs is 1. The molecule has 2 aromatic carbocycles.